The maximum atomic E-state index is 12.5. The molecule has 2 atom stereocenters. The van der Waals surface area contributed by atoms with E-state index < -0.39 is 6.10 Å². The quantitative estimate of drug-likeness (QED) is 0.875. The number of amides is 2. The number of carbonyl (C=O) groups excluding carboxylic acids is 1. The molecule has 6 heteroatoms. The molecule has 0 spiro atoms. The first-order valence-electron chi connectivity index (χ1n) is 8.10. The van der Waals surface area contributed by atoms with Crippen LogP contribution in [0.5, 0.6) is 0 Å². The van der Waals surface area contributed by atoms with Crippen molar-refractivity contribution in [2.24, 2.45) is 0 Å². The molecular formula is C18H22N2O3S. The minimum Gasteiger partial charge on any atom is -0.388 e. The third-order valence-corrected chi connectivity index (χ3v) is 4.92. The Morgan fingerprint density at radius 2 is 2.21 bits per heavy atom. The highest BCUT2D eigenvalue weighted by molar-refractivity contribution is 7.07. The number of hydrogen-bond acceptors (Lipinski definition) is 4. The number of nitrogens with one attached hydrogen (secondary N) is 1. The van der Waals surface area contributed by atoms with Gasteiger partial charge in [0.05, 0.1) is 25.4 Å². The molecule has 1 aromatic carbocycles. The number of morpholine rings is 1. The van der Waals surface area contributed by atoms with Gasteiger partial charge in [-0.1, -0.05) is 30.3 Å². The van der Waals surface area contributed by atoms with Gasteiger partial charge in [-0.25, -0.2) is 4.79 Å². The van der Waals surface area contributed by atoms with E-state index in [1.807, 2.05) is 47.2 Å². The van der Waals surface area contributed by atoms with Crippen molar-refractivity contribution < 1.29 is 14.6 Å². The zero-order valence-corrected chi connectivity index (χ0v) is 14.2. The van der Waals surface area contributed by atoms with Gasteiger partial charge in [-0.3, -0.25) is 0 Å². The van der Waals surface area contributed by atoms with E-state index in [9.17, 15) is 9.90 Å². The number of benzene rings is 1. The average Bonchev–Trinajstić information content (AvgIpc) is 3.14. The molecule has 0 bridgehead atoms. The Labute approximate surface area is 145 Å². The second-order valence-corrected chi connectivity index (χ2v) is 6.65. The fourth-order valence-corrected chi connectivity index (χ4v) is 3.53. The maximum Gasteiger partial charge on any atom is 0.318 e. The molecule has 2 aromatic rings. The smallest absolute Gasteiger partial charge is 0.318 e. The summed E-state index contributed by atoms with van der Waals surface area (Å²) in [5.74, 6) is 0. The second-order valence-electron chi connectivity index (χ2n) is 5.87. The number of aliphatic hydroxyl groups is 1. The van der Waals surface area contributed by atoms with Gasteiger partial charge in [0.25, 0.3) is 0 Å². The van der Waals surface area contributed by atoms with Crippen molar-refractivity contribution in [1.82, 2.24) is 10.2 Å². The molecule has 128 valence electrons. The molecule has 2 N–H and O–H groups in total. The first-order valence-corrected chi connectivity index (χ1v) is 9.04. The van der Waals surface area contributed by atoms with E-state index in [1.54, 1.807) is 16.2 Å². The number of rotatable bonds is 5. The zero-order chi connectivity index (χ0) is 16.8. The molecule has 3 rings (SSSR count). The lowest BCUT2D eigenvalue weighted by atomic mass is 10.0. The largest absolute Gasteiger partial charge is 0.388 e. The van der Waals surface area contributed by atoms with E-state index >= 15 is 0 Å². The van der Waals surface area contributed by atoms with Crippen LogP contribution in [0.3, 0.4) is 0 Å². The predicted molar refractivity (Wildman–Crippen MR) is 93.9 cm³/mol. The molecular weight excluding hydrogens is 324 g/mol. The fraction of sp³-hybridized carbons (Fsp3) is 0.389. The lowest BCUT2D eigenvalue weighted by Gasteiger charge is -2.36. The lowest BCUT2D eigenvalue weighted by Crippen LogP contribution is -2.52. The lowest BCUT2D eigenvalue weighted by molar-refractivity contribution is -0.00698. The molecule has 0 radical (unpaired) electrons. The molecule has 2 unspecified atom stereocenters. The summed E-state index contributed by atoms with van der Waals surface area (Å²) in [5, 5.41) is 17.4. The van der Waals surface area contributed by atoms with Gasteiger partial charge in [0.1, 0.15) is 0 Å². The van der Waals surface area contributed by atoms with Crippen LogP contribution >= 0.6 is 11.3 Å². The van der Waals surface area contributed by atoms with E-state index in [0.717, 1.165) is 11.1 Å². The van der Waals surface area contributed by atoms with Crippen LogP contribution in [-0.2, 0) is 11.3 Å². The van der Waals surface area contributed by atoms with Crippen LogP contribution in [0.4, 0.5) is 4.79 Å². The fourth-order valence-electron chi connectivity index (χ4n) is 2.86. The summed E-state index contributed by atoms with van der Waals surface area (Å²) in [6.45, 7) is 2.05. The summed E-state index contributed by atoms with van der Waals surface area (Å²) >= 11 is 1.62. The van der Waals surface area contributed by atoms with Crippen LogP contribution in [0.15, 0.2) is 47.2 Å². The summed E-state index contributed by atoms with van der Waals surface area (Å²) in [4.78, 5) is 14.3. The standard InChI is InChI=1S/C18H22N2O3S/c21-17(15-4-2-1-3-5-15)10-16-12-23-8-7-20(16)18(22)19-11-14-6-9-24-13-14/h1-6,9,13,16-17,21H,7-8,10-12H2,(H,19,22). The Morgan fingerprint density at radius 1 is 1.38 bits per heavy atom. The number of nitrogens with zero attached hydrogens (tertiary/aromatic N) is 1. The average molecular weight is 346 g/mol. The molecule has 1 aliphatic heterocycles. The number of hydrogen-bond donors (Lipinski definition) is 2. The van der Waals surface area contributed by atoms with Gasteiger partial charge in [-0.15, -0.1) is 0 Å². The summed E-state index contributed by atoms with van der Waals surface area (Å²) < 4.78 is 5.52. The summed E-state index contributed by atoms with van der Waals surface area (Å²) in [6.07, 6.45) is -0.138. The van der Waals surface area contributed by atoms with Crippen molar-refractivity contribution in [2.75, 3.05) is 19.8 Å². The molecule has 1 saturated heterocycles. The molecule has 1 aromatic heterocycles. The number of carbonyl (C=O) groups is 1. The highest BCUT2D eigenvalue weighted by atomic mass is 32.1. The van der Waals surface area contributed by atoms with Gasteiger partial charge in [-0.2, -0.15) is 11.3 Å². The normalized spacial score (nSPS) is 19.0. The number of thiophene rings is 1. The van der Waals surface area contributed by atoms with Crippen molar-refractivity contribution in [2.45, 2.75) is 25.1 Å². The number of aliphatic hydroxyl groups excluding tert-OH is 1. The van der Waals surface area contributed by atoms with Gasteiger partial charge >= 0.3 is 6.03 Å². The zero-order valence-electron chi connectivity index (χ0n) is 13.4. The second kappa shape index (κ2) is 8.28. The first-order chi connectivity index (χ1) is 11.7. The van der Waals surface area contributed by atoms with Crippen LogP contribution < -0.4 is 5.32 Å². The Bertz CT molecular complexity index is 633. The van der Waals surface area contributed by atoms with Gasteiger partial charge < -0.3 is 20.1 Å². The maximum absolute atomic E-state index is 12.5. The van der Waals surface area contributed by atoms with Crippen molar-refractivity contribution >= 4 is 17.4 Å². The molecule has 0 saturated carbocycles. The summed E-state index contributed by atoms with van der Waals surface area (Å²) in [7, 11) is 0. The van der Waals surface area contributed by atoms with Crippen molar-refractivity contribution in [3.05, 3.63) is 58.3 Å². The first kappa shape index (κ1) is 17.0. The Kier molecular flexibility index (Phi) is 5.85. The van der Waals surface area contributed by atoms with Crippen LogP contribution in [-0.4, -0.2) is 41.8 Å². The topological polar surface area (TPSA) is 61.8 Å². The van der Waals surface area contributed by atoms with Crippen LogP contribution in [0.1, 0.15) is 23.7 Å². The third-order valence-electron chi connectivity index (χ3n) is 4.19. The van der Waals surface area contributed by atoms with Crippen LogP contribution in [0.2, 0.25) is 0 Å². The van der Waals surface area contributed by atoms with Crippen molar-refractivity contribution in [3.63, 3.8) is 0 Å². The number of urea groups is 1. The van der Waals surface area contributed by atoms with Crippen LogP contribution in [0, 0.1) is 0 Å². The summed E-state index contributed by atoms with van der Waals surface area (Å²) in [5.41, 5.74) is 1.96. The monoisotopic (exact) mass is 346 g/mol. The summed E-state index contributed by atoms with van der Waals surface area (Å²) in [6, 6.07) is 11.3. The molecule has 1 fully saturated rings. The molecule has 1 aliphatic rings. The predicted octanol–water partition coefficient (Wildman–Crippen LogP) is 2.78. The van der Waals surface area contributed by atoms with Crippen molar-refractivity contribution in [3.8, 4) is 0 Å². The third kappa shape index (κ3) is 4.35. The Balaban J connectivity index is 1.59. The van der Waals surface area contributed by atoms with Crippen molar-refractivity contribution in [1.29, 1.82) is 0 Å². The molecule has 0 aliphatic carbocycles. The SMILES string of the molecule is O=C(NCc1ccsc1)N1CCOCC1CC(O)c1ccccc1. The van der Waals surface area contributed by atoms with Gasteiger partial charge in [0, 0.05) is 19.5 Å². The van der Waals surface area contributed by atoms with E-state index in [4.69, 9.17) is 4.74 Å². The van der Waals surface area contributed by atoms with Gasteiger partial charge in [0.15, 0.2) is 0 Å². The van der Waals surface area contributed by atoms with E-state index in [0.29, 0.717) is 32.7 Å². The molecule has 2 amide bonds. The molecule has 2 heterocycles. The number of ether oxygens (including phenoxy) is 1. The Morgan fingerprint density at radius 3 is 2.96 bits per heavy atom. The van der Waals surface area contributed by atoms with E-state index in [1.165, 1.54) is 0 Å². The van der Waals surface area contributed by atoms with E-state index in [2.05, 4.69) is 5.32 Å². The minimum absolute atomic E-state index is 0.102. The highest BCUT2D eigenvalue weighted by Crippen LogP contribution is 2.22. The minimum atomic E-state index is -0.606. The van der Waals surface area contributed by atoms with Gasteiger partial charge in [-0.05, 0) is 28.0 Å². The molecule has 24 heavy (non-hydrogen) atoms. The highest BCUT2D eigenvalue weighted by Gasteiger charge is 2.29. The van der Waals surface area contributed by atoms with Gasteiger partial charge in [0.2, 0.25) is 0 Å². The molecule has 5 nitrogen and oxygen atoms in total. The van der Waals surface area contributed by atoms with E-state index in [-0.39, 0.29) is 12.1 Å². The Hall–Kier alpha value is -1.89. The van der Waals surface area contributed by atoms with Crippen LogP contribution in [0.25, 0.3) is 0 Å².